The molecule has 1 aromatic rings. The van der Waals surface area contributed by atoms with Gasteiger partial charge in [0, 0.05) is 0 Å². The highest BCUT2D eigenvalue weighted by molar-refractivity contribution is 5.73. The Labute approximate surface area is 86.1 Å². The number of hydrogen-bond donors (Lipinski definition) is 3. The predicted molar refractivity (Wildman–Crippen MR) is 53.4 cm³/mol. The van der Waals surface area contributed by atoms with Gasteiger partial charge in [-0.1, -0.05) is 12.1 Å². The van der Waals surface area contributed by atoms with E-state index in [1.54, 1.807) is 12.1 Å². The van der Waals surface area contributed by atoms with Gasteiger partial charge in [-0.3, -0.25) is 10.0 Å². The number of benzene rings is 1. The van der Waals surface area contributed by atoms with Crippen molar-refractivity contribution in [1.82, 2.24) is 0 Å². The quantitative estimate of drug-likeness (QED) is 0.619. The molecule has 6 nitrogen and oxygen atoms in total. The van der Waals surface area contributed by atoms with Gasteiger partial charge in [0.2, 0.25) is 0 Å². The summed E-state index contributed by atoms with van der Waals surface area (Å²) in [6.45, 7) is 0. The van der Waals surface area contributed by atoms with Crippen molar-refractivity contribution in [1.29, 1.82) is 0 Å². The van der Waals surface area contributed by atoms with Crippen LogP contribution < -0.4 is 11.0 Å². The molecule has 0 aliphatic heterocycles. The summed E-state index contributed by atoms with van der Waals surface area (Å²) in [5.41, 5.74) is 6.10. The molecule has 0 amide bonds. The van der Waals surface area contributed by atoms with Gasteiger partial charge < -0.3 is 21.3 Å². The molecule has 0 unspecified atom stereocenters. The van der Waals surface area contributed by atoms with Crippen molar-refractivity contribution in [3.05, 3.63) is 35.0 Å². The van der Waals surface area contributed by atoms with Crippen LogP contribution in [0.3, 0.4) is 0 Å². The van der Waals surface area contributed by atoms with E-state index in [1.165, 1.54) is 12.1 Å². The monoisotopic (exact) mass is 211 g/mol. The minimum atomic E-state index is -1.08. The van der Waals surface area contributed by atoms with Crippen LogP contribution in [0.15, 0.2) is 24.3 Å². The van der Waals surface area contributed by atoms with Gasteiger partial charge in [0.25, 0.3) is 0 Å². The van der Waals surface area contributed by atoms with E-state index in [9.17, 15) is 10.0 Å². The number of anilines is 1. The molecule has 1 aromatic carbocycles. The number of nitrogens with zero attached hydrogens (tertiary/aromatic N) is 1. The summed E-state index contributed by atoms with van der Waals surface area (Å²) < 4.78 is 0. The molecular weight excluding hydrogens is 200 g/mol. The molecule has 4 N–H and O–H groups in total. The van der Waals surface area contributed by atoms with Gasteiger partial charge in [0.15, 0.2) is 0 Å². The predicted octanol–water partition coefficient (Wildman–Crippen LogP) is 0.334. The van der Waals surface area contributed by atoms with Gasteiger partial charge in [-0.25, -0.2) is 0 Å². The maximum Gasteiger partial charge on any atom is 0.320 e. The highest BCUT2D eigenvalue weighted by Crippen LogP contribution is 2.13. The molecule has 0 spiro atoms. The van der Waals surface area contributed by atoms with Crippen LogP contribution in [-0.4, -0.2) is 22.3 Å². The van der Waals surface area contributed by atoms with E-state index in [0.29, 0.717) is 5.56 Å². The molecule has 0 saturated heterocycles. The summed E-state index contributed by atoms with van der Waals surface area (Å²) in [5.74, 6) is -1.08. The summed E-state index contributed by atoms with van der Waals surface area (Å²) >= 11 is 0. The first-order chi connectivity index (χ1) is 7.00. The Morgan fingerprint density at radius 1 is 1.47 bits per heavy atom. The maximum atomic E-state index is 10.5. The number of rotatable bonds is 4. The Hall–Kier alpha value is -1.63. The number of nitrogens with two attached hydrogens (primary N) is 1. The minimum absolute atomic E-state index is 0.0858. The molecule has 0 aliphatic rings. The first-order valence-electron chi connectivity index (χ1n) is 4.24. The molecule has 0 aliphatic carbocycles. The molecule has 0 bridgehead atoms. The number of aliphatic carboxylic acids is 1. The van der Waals surface area contributed by atoms with Crippen LogP contribution >= 0.6 is 0 Å². The summed E-state index contributed by atoms with van der Waals surface area (Å²) in [5, 5.41) is 27.3. The van der Waals surface area contributed by atoms with Crippen molar-refractivity contribution in [2.75, 3.05) is 5.23 Å². The molecule has 0 radical (unpaired) electrons. The zero-order valence-electron chi connectivity index (χ0n) is 7.83. The van der Waals surface area contributed by atoms with E-state index >= 15 is 0 Å². The van der Waals surface area contributed by atoms with Crippen molar-refractivity contribution in [2.24, 2.45) is 5.73 Å². The van der Waals surface area contributed by atoms with Crippen LogP contribution in [0, 0.1) is 5.21 Å². The zero-order valence-corrected chi connectivity index (χ0v) is 7.83. The van der Waals surface area contributed by atoms with Crippen LogP contribution in [0.1, 0.15) is 5.56 Å². The van der Waals surface area contributed by atoms with Crippen LogP contribution in [0.4, 0.5) is 5.69 Å². The molecule has 0 fully saturated rings. The number of carboxylic acid groups (broad SMARTS) is 1. The molecule has 1 rings (SSSR count). The number of carboxylic acids is 1. The second kappa shape index (κ2) is 4.74. The Morgan fingerprint density at radius 2 is 2.00 bits per heavy atom. The Balaban J connectivity index is 2.68. The molecule has 82 valence electrons. The highest BCUT2D eigenvalue weighted by atomic mass is 16.8. The molecule has 0 aromatic heterocycles. The average molecular weight is 211 g/mol. The van der Waals surface area contributed by atoms with Crippen molar-refractivity contribution >= 4 is 11.7 Å². The van der Waals surface area contributed by atoms with Crippen molar-refractivity contribution in [2.45, 2.75) is 12.5 Å². The van der Waals surface area contributed by atoms with Crippen LogP contribution in [0.2, 0.25) is 0 Å². The first kappa shape index (κ1) is 11.4. The topological polar surface area (TPSA) is 110 Å². The molecule has 15 heavy (non-hydrogen) atoms. The lowest BCUT2D eigenvalue weighted by molar-refractivity contribution is -0.138. The van der Waals surface area contributed by atoms with Crippen LogP contribution in [0.25, 0.3) is 0 Å². The van der Waals surface area contributed by atoms with Crippen molar-refractivity contribution in [3.63, 3.8) is 0 Å². The Morgan fingerprint density at radius 3 is 2.40 bits per heavy atom. The molecule has 0 saturated carbocycles. The highest BCUT2D eigenvalue weighted by Gasteiger charge is 2.11. The van der Waals surface area contributed by atoms with E-state index in [-0.39, 0.29) is 17.3 Å². The molecular formula is C9H11N2O4-. The van der Waals surface area contributed by atoms with Gasteiger partial charge in [-0.2, -0.15) is 0 Å². The molecule has 6 heteroatoms. The van der Waals surface area contributed by atoms with Gasteiger partial charge in [0.05, 0.1) is 5.69 Å². The minimum Gasteiger partial charge on any atom is -0.733 e. The average Bonchev–Trinajstić information content (AvgIpc) is 2.18. The fourth-order valence-corrected chi connectivity index (χ4v) is 1.10. The first-order valence-corrected chi connectivity index (χ1v) is 4.24. The standard InChI is InChI=1S/C9H11N2O4/c10-8(9(12)13)5-6-1-3-7(4-2-6)11(14)15/h1-4,8,14H,5,10H2,(H,12,13)/q-1/t8-/m0/s1. The van der Waals surface area contributed by atoms with E-state index in [2.05, 4.69) is 0 Å². The van der Waals surface area contributed by atoms with Gasteiger partial charge in [-0.15, -0.1) is 0 Å². The van der Waals surface area contributed by atoms with Gasteiger partial charge >= 0.3 is 5.97 Å². The second-order valence-electron chi connectivity index (χ2n) is 3.09. The fraction of sp³-hybridized carbons (Fsp3) is 0.222. The third kappa shape index (κ3) is 3.21. The lowest BCUT2D eigenvalue weighted by Crippen LogP contribution is -2.32. The normalized spacial score (nSPS) is 12.2. The summed E-state index contributed by atoms with van der Waals surface area (Å²) in [4.78, 5) is 10.5. The summed E-state index contributed by atoms with van der Waals surface area (Å²) in [7, 11) is 0. The number of hydrogen-bond acceptors (Lipinski definition) is 5. The molecule has 1 atom stereocenters. The lowest BCUT2D eigenvalue weighted by Gasteiger charge is -2.21. The maximum absolute atomic E-state index is 10.5. The largest absolute Gasteiger partial charge is 0.733 e. The van der Waals surface area contributed by atoms with Gasteiger partial charge in [-0.05, 0) is 24.1 Å². The third-order valence-electron chi connectivity index (χ3n) is 1.93. The Bertz CT molecular complexity index is 336. The van der Waals surface area contributed by atoms with Crippen LogP contribution in [-0.2, 0) is 11.2 Å². The second-order valence-corrected chi connectivity index (χ2v) is 3.09. The number of carbonyl (C=O) groups is 1. The van der Waals surface area contributed by atoms with E-state index < -0.39 is 12.0 Å². The Kier molecular flexibility index (Phi) is 3.62. The fourth-order valence-electron chi connectivity index (χ4n) is 1.10. The van der Waals surface area contributed by atoms with Crippen molar-refractivity contribution in [3.8, 4) is 0 Å². The molecule has 0 heterocycles. The summed E-state index contributed by atoms with van der Waals surface area (Å²) in [6, 6.07) is 4.89. The van der Waals surface area contributed by atoms with Crippen molar-refractivity contribution < 1.29 is 15.1 Å². The SMILES string of the molecule is N[C@@H](Cc1ccc(N([O-])O)cc1)C(=O)O. The van der Waals surface area contributed by atoms with Gasteiger partial charge in [0.1, 0.15) is 6.04 Å². The van der Waals surface area contributed by atoms with E-state index in [4.69, 9.17) is 16.0 Å². The van der Waals surface area contributed by atoms with E-state index in [1.807, 2.05) is 0 Å². The summed E-state index contributed by atoms with van der Waals surface area (Å²) in [6.07, 6.45) is 0.180. The van der Waals surface area contributed by atoms with Crippen LogP contribution in [0.5, 0.6) is 0 Å². The zero-order chi connectivity index (χ0) is 11.4. The third-order valence-corrected chi connectivity index (χ3v) is 1.93. The lowest BCUT2D eigenvalue weighted by atomic mass is 10.1. The smallest absolute Gasteiger partial charge is 0.320 e. The van der Waals surface area contributed by atoms with E-state index in [0.717, 1.165) is 0 Å².